The molecule has 1 aliphatic heterocycles. The van der Waals surface area contributed by atoms with Crippen molar-refractivity contribution in [1.29, 1.82) is 0 Å². The molecule has 3 nitrogen and oxygen atoms in total. The summed E-state index contributed by atoms with van der Waals surface area (Å²) in [4.78, 5) is 0. The van der Waals surface area contributed by atoms with Crippen LogP contribution in [0.4, 0.5) is 0 Å². The summed E-state index contributed by atoms with van der Waals surface area (Å²) in [5, 5.41) is 3.49. The first-order valence-electron chi connectivity index (χ1n) is 8.18. The van der Waals surface area contributed by atoms with Gasteiger partial charge < -0.3 is 14.8 Å². The maximum Gasteiger partial charge on any atom is 0.0950 e. The van der Waals surface area contributed by atoms with Gasteiger partial charge in [-0.25, -0.2) is 0 Å². The Morgan fingerprint density at radius 2 is 2.19 bits per heavy atom. The quantitative estimate of drug-likeness (QED) is 0.832. The fraction of sp³-hybridized carbons (Fsp3) is 0.667. The van der Waals surface area contributed by atoms with Crippen molar-refractivity contribution >= 4 is 0 Å². The van der Waals surface area contributed by atoms with Crippen LogP contribution in [0, 0.1) is 6.92 Å². The van der Waals surface area contributed by atoms with E-state index in [0.717, 1.165) is 19.6 Å². The van der Waals surface area contributed by atoms with Crippen LogP contribution in [0.2, 0.25) is 0 Å². The third-order valence-electron chi connectivity index (χ3n) is 3.88. The summed E-state index contributed by atoms with van der Waals surface area (Å²) in [6, 6.07) is 9.07. The second-order valence-electron chi connectivity index (χ2n) is 6.29. The molecule has 2 rings (SSSR count). The summed E-state index contributed by atoms with van der Waals surface area (Å²) in [6.07, 6.45) is 3.93. The zero-order chi connectivity index (χ0) is 15.1. The highest BCUT2D eigenvalue weighted by Gasteiger charge is 2.18. The van der Waals surface area contributed by atoms with E-state index in [1.807, 2.05) is 0 Å². The Bertz CT molecular complexity index is 413. The van der Waals surface area contributed by atoms with Crippen LogP contribution in [-0.2, 0) is 9.47 Å². The van der Waals surface area contributed by atoms with Gasteiger partial charge in [-0.1, -0.05) is 43.7 Å². The summed E-state index contributed by atoms with van der Waals surface area (Å²) in [6.45, 7) is 8.87. The Hall–Kier alpha value is -0.900. The van der Waals surface area contributed by atoms with Gasteiger partial charge in [-0.15, -0.1) is 0 Å². The number of rotatable bonds is 7. The Morgan fingerprint density at radius 1 is 1.33 bits per heavy atom. The number of aryl methyl sites for hydroxylation is 1. The first kappa shape index (κ1) is 16.5. The van der Waals surface area contributed by atoms with Crippen LogP contribution in [0.15, 0.2) is 24.3 Å². The number of hydrogen-bond donors (Lipinski definition) is 1. The molecule has 2 unspecified atom stereocenters. The van der Waals surface area contributed by atoms with Crippen LogP contribution in [0.1, 0.15) is 50.3 Å². The number of hydrogen-bond acceptors (Lipinski definition) is 3. The van der Waals surface area contributed by atoms with Crippen molar-refractivity contribution in [2.24, 2.45) is 0 Å². The molecule has 0 amide bonds. The molecule has 1 aromatic rings. The highest BCUT2D eigenvalue weighted by atomic mass is 16.5. The molecule has 0 aromatic heterocycles. The van der Waals surface area contributed by atoms with Crippen molar-refractivity contribution in [3.8, 4) is 0 Å². The summed E-state index contributed by atoms with van der Waals surface area (Å²) in [5.41, 5.74) is 2.53. The van der Waals surface area contributed by atoms with Gasteiger partial charge in [0.1, 0.15) is 0 Å². The van der Waals surface area contributed by atoms with Gasteiger partial charge in [-0.2, -0.15) is 0 Å². The van der Waals surface area contributed by atoms with Crippen molar-refractivity contribution in [3.63, 3.8) is 0 Å². The van der Waals surface area contributed by atoms with E-state index in [4.69, 9.17) is 9.47 Å². The van der Waals surface area contributed by atoms with E-state index in [1.54, 1.807) is 0 Å². The van der Waals surface area contributed by atoms with E-state index in [9.17, 15) is 0 Å². The highest BCUT2D eigenvalue weighted by Crippen LogP contribution is 2.21. The van der Waals surface area contributed by atoms with E-state index in [2.05, 4.69) is 50.4 Å². The van der Waals surface area contributed by atoms with E-state index in [1.165, 1.54) is 24.0 Å². The van der Waals surface area contributed by atoms with Crippen molar-refractivity contribution < 1.29 is 9.47 Å². The van der Waals surface area contributed by atoms with Crippen LogP contribution in [0.5, 0.6) is 0 Å². The van der Waals surface area contributed by atoms with Crippen LogP contribution < -0.4 is 5.32 Å². The van der Waals surface area contributed by atoms with E-state index in [0.29, 0.717) is 12.6 Å². The number of benzene rings is 1. The number of nitrogens with one attached hydrogen (secondary N) is 1. The molecule has 0 spiro atoms. The maximum atomic E-state index is 6.19. The van der Waals surface area contributed by atoms with Gasteiger partial charge in [0.25, 0.3) is 0 Å². The fourth-order valence-electron chi connectivity index (χ4n) is 2.65. The van der Waals surface area contributed by atoms with Crippen LogP contribution in [0.3, 0.4) is 0 Å². The Morgan fingerprint density at radius 3 is 2.86 bits per heavy atom. The Kier molecular flexibility index (Phi) is 6.68. The molecule has 118 valence electrons. The lowest BCUT2D eigenvalue weighted by Crippen LogP contribution is -2.32. The van der Waals surface area contributed by atoms with Gasteiger partial charge >= 0.3 is 0 Å². The molecule has 0 aliphatic carbocycles. The van der Waals surface area contributed by atoms with E-state index >= 15 is 0 Å². The predicted octanol–water partition coefficient (Wildman–Crippen LogP) is 3.62. The van der Waals surface area contributed by atoms with E-state index in [-0.39, 0.29) is 12.2 Å². The molecule has 1 aliphatic rings. The topological polar surface area (TPSA) is 30.5 Å². The minimum absolute atomic E-state index is 0.0952. The molecule has 21 heavy (non-hydrogen) atoms. The zero-order valence-corrected chi connectivity index (χ0v) is 13.6. The standard InChI is InChI=1S/C18H29NO2/c1-14(2)19-12-18(16-8-6-7-15(3)11-16)21-13-17-9-4-5-10-20-17/h6-8,11,14,17-19H,4-5,9-10,12-13H2,1-3H3. The Labute approximate surface area is 129 Å². The summed E-state index contributed by atoms with van der Waals surface area (Å²) in [5.74, 6) is 0. The lowest BCUT2D eigenvalue weighted by molar-refractivity contribution is -0.0636. The SMILES string of the molecule is Cc1cccc(C(CNC(C)C)OCC2CCCCO2)c1. The molecular weight excluding hydrogens is 262 g/mol. The summed E-state index contributed by atoms with van der Waals surface area (Å²) in [7, 11) is 0. The second-order valence-corrected chi connectivity index (χ2v) is 6.29. The highest BCUT2D eigenvalue weighted by molar-refractivity contribution is 5.24. The van der Waals surface area contributed by atoms with Crippen molar-refractivity contribution in [1.82, 2.24) is 5.32 Å². The lowest BCUT2D eigenvalue weighted by atomic mass is 10.1. The molecular formula is C18H29NO2. The normalized spacial score (nSPS) is 20.7. The first-order valence-corrected chi connectivity index (χ1v) is 8.18. The lowest BCUT2D eigenvalue weighted by Gasteiger charge is -2.26. The summed E-state index contributed by atoms with van der Waals surface area (Å²) >= 11 is 0. The molecule has 0 radical (unpaired) electrons. The molecule has 1 saturated heterocycles. The van der Waals surface area contributed by atoms with Gasteiger partial charge in [-0.05, 0) is 31.7 Å². The second kappa shape index (κ2) is 8.52. The maximum absolute atomic E-state index is 6.19. The Balaban J connectivity index is 1.94. The molecule has 1 fully saturated rings. The molecule has 3 heteroatoms. The van der Waals surface area contributed by atoms with Gasteiger partial charge in [0, 0.05) is 19.2 Å². The monoisotopic (exact) mass is 291 g/mol. The molecule has 1 N–H and O–H groups in total. The molecule has 1 aromatic carbocycles. The average molecular weight is 291 g/mol. The van der Waals surface area contributed by atoms with Crippen molar-refractivity contribution in [2.45, 2.75) is 58.3 Å². The molecule has 1 heterocycles. The van der Waals surface area contributed by atoms with Crippen LogP contribution in [0.25, 0.3) is 0 Å². The van der Waals surface area contributed by atoms with Gasteiger partial charge in [0.15, 0.2) is 0 Å². The van der Waals surface area contributed by atoms with Gasteiger partial charge in [0.05, 0.1) is 18.8 Å². The molecule has 2 atom stereocenters. The minimum atomic E-state index is 0.0952. The predicted molar refractivity (Wildman–Crippen MR) is 86.6 cm³/mol. The zero-order valence-electron chi connectivity index (χ0n) is 13.6. The van der Waals surface area contributed by atoms with E-state index < -0.39 is 0 Å². The summed E-state index contributed by atoms with van der Waals surface area (Å²) < 4.78 is 12.0. The fourth-order valence-corrected chi connectivity index (χ4v) is 2.65. The number of ether oxygens (including phenoxy) is 2. The van der Waals surface area contributed by atoms with Crippen molar-refractivity contribution in [2.75, 3.05) is 19.8 Å². The van der Waals surface area contributed by atoms with Crippen LogP contribution in [-0.4, -0.2) is 31.9 Å². The van der Waals surface area contributed by atoms with Crippen LogP contribution >= 0.6 is 0 Å². The first-order chi connectivity index (χ1) is 10.1. The molecule has 0 saturated carbocycles. The largest absolute Gasteiger partial charge is 0.376 e. The third kappa shape index (κ3) is 5.77. The average Bonchev–Trinajstić information content (AvgIpc) is 2.48. The third-order valence-corrected chi connectivity index (χ3v) is 3.88. The molecule has 0 bridgehead atoms. The van der Waals surface area contributed by atoms with Crippen molar-refractivity contribution in [3.05, 3.63) is 35.4 Å². The smallest absolute Gasteiger partial charge is 0.0950 e. The van der Waals surface area contributed by atoms with Gasteiger partial charge in [0.2, 0.25) is 0 Å². The van der Waals surface area contributed by atoms with Gasteiger partial charge in [-0.3, -0.25) is 0 Å². The minimum Gasteiger partial charge on any atom is -0.376 e.